The molecule has 0 bridgehead atoms. The first-order chi connectivity index (χ1) is 8.15. The lowest BCUT2D eigenvalue weighted by Gasteiger charge is -2.08. The molecule has 1 amide bonds. The number of rotatable bonds is 5. The van der Waals surface area contributed by atoms with E-state index in [0.29, 0.717) is 12.5 Å². The Morgan fingerprint density at radius 3 is 3.00 bits per heavy atom. The number of carbonyl (C=O) groups is 1. The smallest absolute Gasteiger partial charge is 0.244 e. The number of amides is 1. The molecule has 2 rings (SSSR count). The molecule has 1 aromatic heterocycles. The van der Waals surface area contributed by atoms with Gasteiger partial charge in [-0.05, 0) is 52.9 Å². The lowest BCUT2D eigenvalue weighted by molar-refractivity contribution is -0.116. The van der Waals surface area contributed by atoms with E-state index < -0.39 is 0 Å². The molecular weight excluding hydrogens is 302 g/mol. The summed E-state index contributed by atoms with van der Waals surface area (Å²) < 4.78 is 1.04. The minimum atomic E-state index is -0.386. The van der Waals surface area contributed by atoms with E-state index in [0.717, 1.165) is 21.5 Å². The molecular formula is C12H14BrNO2S. The number of carbonyl (C=O) groups excluding carboxylic acids is 1. The molecule has 5 heteroatoms. The number of hydrogen-bond acceptors (Lipinski definition) is 3. The lowest BCUT2D eigenvalue weighted by Crippen LogP contribution is -2.31. The molecule has 0 aliphatic heterocycles. The third-order valence-corrected chi connectivity index (χ3v) is 4.23. The van der Waals surface area contributed by atoms with Crippen molar-refractivity contribution < 1.29 is 9.90 Å². The van der Waals surface area contributed by atoms with Crippen molar-refractivity contribution in [2.45, 2.75) is 18.9 Å². The van der Waals surface area contributed by atoms with Crippen molar-refractivity contribution in [3.8, 4) is 0 Å². The number of thiophene rings is 1. The van der Waals surface area contributed by atoms with Gasteiger partial charge in [0.1, 0.15) is 0 Å². The maximum Gasteiger partial charge on any atom is 0.244 e. The molecule has 1 fully saturated rings. The predicted molar refractivity (Wildman–Crippen MR) is 72.8 cm³/mol. The Balaban J connectivity index is 1.74. The summed E-state index contributed by atoms with van der Waals surface area (Å²) in [4.78, 5) is 12.5. The molecule has 0 aromatic carbocycles. The molecule has 0 saturated heterocycles. The van der Waals surface area contributed by atoms with Crippen LogP contribution in [0, 0.1) is 5.92 Å². The fourth-order valence-corrected chi connectivity index (χ4v) is 2.81. The van der Waals surface area contributed by atoms with E-state index in [1.165, 1.54) is 6.08 Å². The van der Waals surface area contributed by atoms with Crippen molar-refractivity contribution in [3.05, 3.63) is 26.9 Å². The predicted octanol–water partition coefficient (Wildman–Crippen LogP) is 2.41. The van der Waals surface area contributed by atoms with Gasteiger partial charge in [0.25, 0.3) is 0 Å². The maximum atomic E-state index is 11.5. The van der Waals surface area contributed by atoms with Crippen molar-refractivity contribution in [3.63, 3.8) is 0 Å². The van der Waals surface area contributed by atoms with Crippen LogP contribution in [0.5, 0.6) is 0 Å². The first-order valence-electron chi connectivity index (χ1n) is 5.54. The largest absolute Gasteiger partial charge is 0.391 e. The summed E-state index contributed by atoms with van der Waals surface area (Å²) in [5, 5.41) is 12.3. The topological polar surface area (TPSA) is 49.3 Å². The highest BCUT2D eigenvalue weighted by atomic mass is 79.9. The van der Waals surface area contributed by atoms with Gasteiger partial charge in [0, 0.05) is 17.5 Å². The molecule has 0 radical (unpaired) electrons. The van der Waals surface area contributed by atoms with E-state index in [2.05, 4.69) is 21.2 Å². The van der Waals surface area contributed by atoms with Gasteiger partial charge in [0.2, 0.25) is 5.91 Å². The Hall–Kier alpha value is -0.650. The van der Waals surface area contributed by atoms with Gasteiger partial charge in [-0.1, -0.05) is 0 Å². The molecule has 17 heavy (non-hydrogen) atoms. The molecule has 2 N–H and O–H groups in total. The van der Waals surface area contributed by atoms with Gasteiger partial charge in [-0.3, -0.25) is 4.79 Å². The third-order valence-electron chi connectivity index (χ3n) is 2.64. The Labute approximate surface area is 113 Å². The Bertz CT molecular complexity index is 426. The fourth-order valence-electron chi connectivity index (χ4n) is 1.49. The summed E-state index contributed by atoms with van der Waals surface area (Å²) in [6.07, 6.45) is 5.04. The number of aliphatic hydroxyl groups excluding tert-OH is 1. The summed E-state index contributed by atoms with van der Waals surface area (Å²) in [7, 11) is 0. The summed E-state index contributed by atoms with van der Waals surface area (Å²) >= 11 is 4.93. The zero-order chi connectivity index (χ0) is 12.3. The SMILES string of the molecule is O=C(C=Cc1ccc(Br)s1)NCC(O)C1CC1. The van der Waals surface area contributed by atoms with Crippen molar-refractivity contribution in [2.24, 2.45) is 5.92 Å². The van der Waals surface area contributed by atoms with E-state index in [1.54, 1.807) is 17.4 Å². The Kier molecular flexibility index (Phi) is 4.36. The van der Waals surface area contributed by atoms with Crippen LogP contribution in [-0.2, 0) is 4.79 Å². The van der Waals surface area contributed by atoms with Crippen LogP contribution < -0.4 is 5.32 Å². The van der Waals surface area contributed by atoms with E-state index in [9.17, 15) is 9.90 Å². The van der Waals surface area contributed by atoms with E-state index in [1.807, 2.05) is 12.1 Å². The highest BCUT2D eigenvalue weighted by molar-refractivity contribution is 9.11. The van der Waals surface area contributed by atoms with Crippen molar-refractivity contribution in [1.82, 2.24) is 5.32 Å². The lowest BCUT2D eigenvalue weighted by atomic mass is 10.2. The van der Waals surface area contributed by atoms with Crippen LogP contribution in [0.1, 0.15) is 17.7 Å². The summed E-state index contributed by atoms with van der Waals surface area (Å²) in [5.74, 6) is 0.238. The minimum Gasteiger partial charge on any atom is -0.391 e. The van der Waals surface area contributed by atoms with Crippen molar-refractivity contribution in [1.29, 1.82) is 0 Å². The molecule has 1 heterocycles. The summed E-state index contributed by atoms with van der Waals surface area (Å²) in [6, 6.07) is 3.89. The van der Waals surface area contributed by atoms with Gasteiger partial charge >= 0.3 is 0 Å². The quantitative estimate of drug-likeness (QED) is 0.820. The van der Waals surface area contributed by atoms with Gasteiger partial charge in [0.15, 0.2) is 0 Å². The summed E-state index contributed by atoms with van der Waals surface area (Å²) in [5.41, 5.74) is 0. The van der Waals surface area contributed by atoms with Crippen molar-refractivity contribution >= 4 is 39.2 Å². The van der Waals surface area contributed by atoms with Gasteiger partial charge in [-0.15, -0.1) is 11.3 Å². The average molecular weight is 316 g/mol. The van der Waals surface area contributed by atoms with Crippen LogP contribution in [0.2, 0.25) is 0 Å². The van der Waals surface area contributed by atoms with Gasteiger partial charge < -0.3 is 10.4 Å². The zero-order valence-corrected chi connectivity index (χ0v) is 11.6. The number of halogens is 1. The third kappa shape index (κ3) is 4.26. The zero-order valence-electron chi connectivity index (χ0n) is 9.23. The second-order valence-electron chi connectivity index (χ2n) is 4.13. The molecule has 1 aromatic rings. The number of hydrogen-bond donors (Lipinski definition) is 2. The normalized spacial score (nSPS) is 17.3. The van der Waals surface area contributed by atoms with Crippen LogP contribution in [-0.4, -0.2) is 23.7 Å². The van der Waals surface area contributed by atoms with Crippen LogP contribution in [0.3, 0.4) is 0 Å². The van der Waals surface area contributed by atoms with Gasteiger partial charge in [0.05, 0.1) is 9.89 Å². The Morgan fingerprint density at radius 2 is 2.41 bits per heavy atom. The maximum absolute atomic E-state index is 11.5. The molecule has 1 atom stereocenters. The second-order valence-corrected chi connectivity index (χ2v) is 6.62. The first-order valence-corrected chi connectivity index (χ1v) is 7.15. The fraction of sp³-hybridized carbons (Fsp3) is 0.417. The minimum absolute atomic E-state index is 0.158. The second kappa shape index (κ2) is 5.80. The molecule has 92 valence electrons. The molecule has 3 nitrogen and oxygen atoms in total. The van der Waals surface area contributed by atoms with E-state index >= 15 is 0 Å². The number of nitrogens with one attached hydrogen (secondary N) is 1. The van der Waals surface area contributed by atoms with Crippen molar-refractivity contribution in [2.75, 3.05) is 6.54 Å². The molecule has 1 aliphatic carbocycles. The van der Waals surface area contributed by atoms with Crippen LogP contribution in [0.25, 0.3) is 6.08 Å². The van der Waals surface area contributed by atoms with Gasteiger partial charge in [-0.2, -0.15) is 0 Å². The highest BCUT2D eigenvalue weighted by Gasteiger charge is 2.29. The van der Waals surface area contributed by atoms with Gasteiger partial charge in [-0.25, -0.2) is 0 Å². The van der Waals surface area contributed by atoms with E-state index in [-0.39, 0.29) is 12.0 Å². The molecule has 1 aliphatic rings. The molecule has 0 spiro atoms. The van der Waals surface area contributed by atoms with Crippen LogP contribution >= 0.6 is 27.3 Å². The molecule has 1 saturated carbocycles. The first kappa shape index (κ1) is 12.8. The van der Waals surface area contributed by atoms with E-state index in [4.69, 9.17) is 0 Å². The van der Waals surface area contributed by atoms with Crippen LogP contribution in [0.4, 0.5) is 0 Å². The molecule has 1 unspecified atom stereocenters. The monoisotopic (exact) mass is 315 g/mol. The van der Waals surface area contributed by atoms with Crippen LogP contribution in [0.15, 0.2) is 22.0 Å². The highest BCUT2D eigenvalue weighted by Crippen LogP contribution is 2.32. The Morgan fingerprint density at radius 1 is 1.65 bits per heavy atom. The average Bonchev–Trinajstić information content (AvgIpc) is 3.07. The number of aliphatic hydroxyl groups is 1. The standard InChI is InChI=1S/C12H14BrNO2S/c13-11-5-3-9(17-11)4-6-12(16)14-7-10(15)8-1-2-8/h3-6,8,10,15H,1-2,7H2,(H,14,16). The summed E-state index contributed by atoms with van der Waals surface area (Å²) in [6.45, 7) is 0.349.